The standard InChI is InChI=1S/C15H12BrFN6/c16-11-1-7-14(8-2-11)23-15(20-21-22-23)9-10-18-19-13-5-3-12(17)4-6-13/h1-8,10,19H,9H2/b18-10+. The predicted octanol–water partition coefficient (Wildman–Crippen LogP) is 3.20. The number of benzene rings is 2. The second-order valence-electron chi connectivity index (χ2n) is 4.62. The second kappa shape index (κ2) is 7.10. The topological polar surface area (TPSA) is 68.0 Å². The first-order valence-corrected chi connectivity index (χ1v) is 7.58. The summed E-state index contributed by atoms with van der Waals surface area (Å²) in [5.41, 5.74) is 4.39. The number of tetrazole rings is 1. The minimum atomic E-state index is -0.284. The van der Waals surface area contributed by atoms with E-state index >= 15 is 0 Å². The second-order valence-corrected chi connectivity index (χ2v) is 5.53. The Bertz CT molecular complexity index is 798. The average Bonchev–Trinajstić information content (AvgIpc) is 3.02. The molecule has 0 bridgehead atoms. The van der Waals surface area contributed by atoms with E-state index in [1.807, 2.05) is 24.3 Å². The number of nitrogens with zero attached hydrogens (tertiary/aromatic N) is 5. The van der Waals surface area contributed by atoms with Crippen LogP contribution < -0.4 is 5.43 Å². The third-order valence-corrected chi connectivity index (χ3v) is 3.54. The van der Waals surface area contributed by atoms with Crippen LogP contribution in [0.1, 0.15) is 5.82 Å². The van der Waals surface area contributed by atoms with Gasteiger partial charge in [-0.2, -0.15) is 9.78 Å². The van der Waals surface area contributed by atoms with E-state index in [0.717, 1.165) is 10.2 Å². The van der Waals surface area contributed by atoms with E-state index in [1.54, 1.807) is 23.0 Å². The zero-order valence-electron chi connectivity index (χ0n) is 11.9. The van der Waals surface area contributed by atoms with Gasteiger partial charge in [-0.05, 0) is 59.0 Å². The number of anilines is 1. The van der Waals surface area contributed by atoms with Crippen LogP contribution in [0.2, 0.25) is 0 Å². The predicted molar refractivity (Wildman–Crippen MR) is 89.1 cm³/mol. The van der Waals surface area contributed by atoms with E-state index in [9.17, 15) is 4.39 Å². The maximum Gasteiger partial charge on any atom is 0.162 e. The molecule has 0 aliphatic rings. The molecule has 23 heavy (non-hydrogen) atoms. The summed E-state index contributed by atoms with van der Waals surface area (Å²) in [7, 11) is 0. The highest BCUT2D eigenvalue weighted by Gasteiger charge is 2.06. The number of halogens is 2. The number of hydrogen-bond acceptors (Lipinski definition) is 5. The van der Waals surface area contributed by atoms with E-state index in [2.05, 4.69) is 42.0 Å². The van der Waals surface area contributed by atoms with Crippen LogP contribution >= 0.6 is 15.9 Å². The lowest BCUT2D eigenvalue weighted by atomic mass is 10.3. The molecule has 2 aromatic carbocycles. The molecule has 8 heteroatoms. The van der Waals surface area contributed by atoms with Gasteiger partial charge in [0.15, 0.2) is 5.82 Å². The fourth-order valence-electron chi connectivity index (χ4n) is 1.89. The van der Waals surface area contributed by atoms with Gasteiger partial charge in [-0.3, -0.25) is 5.43 Å². The molecule has 116 valence electrons. The average molecular weight is 375 g/mol. The molecule has 6 nitrogen and oxygen atoms in total. The first-order valence-electron chi connectivity index (χ1n) is 6.79. The molecule has 0 fully saturated rings. The molecule has 0 aliphatic carbocycles. The monoisotopic (exact) mass is 374 g/mol. The molecule has 0 unspecified atom stereocenters. The molecule has 0 amide bonds. The summed E-state index contributed by atoms with van der Waals surface area (Å²) >= 11 is 3.39. The van der Waals surface area contributed by atoms with Gasteiger partial charge in [0.25, 0.3) is 0 Å². The Morgan fingerprint density at radius 2 is 1.87 bits per heavy atom. The molecule has 1 heterocycles. The van der Waals surface area contributed by atoms with Gasteiger partial charge < -0.3 is 0 Å². The van der Waals surface area contributed by atoms with Gasteiger partial charge in [0.1, 0.15) is 5.82 Å². The summed E-state index contributed by atoms with van der Waals surface area (Å²) in [4.78, 5) is 0. The normalized spacial score (nSPS) is 11.0. The highest BCUT2D eigenvalue weighted by Crippen LogP contribution is 2.14. The van der Waals surface area contributed by atoms with Gasteiger partial charge >= 0.3 is 0 Å². The Morgan fingerprint density at radius 3 is 2.61 bits per heavy atom. The molecule has 3 rings (SSSR count). The SMILES string of the molecule is Fc1ccc(N/N=C/Cc2nnnn2-c2ccc(Br)cc2)cc1. The fourth-order valence-corrected chi connectivity index (χ4v) is 2.15. The van der Waals surface area contributed by atoms with Crippen molar-refractivity contribution in [3.63, 3.8) is 0 Å². The van der Waals surface area contributed by atoms with Gasteiger partial charge in [-0.15, -0.1) is 5.10 Å². The highest BCUT2D eigenvalue weighted by atomic mass is 79.9. The molecule has 0 atom stereocenters. The molecule has 0 spiro atoms. The highest BCUT2D eigenvalue weighted by molar-refractivity contribution is 9.10. The smallest absolute Gasteiger partial charge is 0.162 e. The van der Waals surface area contributed by atoms with Gasteiger partial charge in [0.2, 0.25) is 0 Å². The Labute approximate surface area is 140 Å². The Morgan fingerprint density at radius 1 is 1.13 bits per heavy atom. The molecular formula is C15H12BrFN6. The maximum absolute atomic E-state index is 12.8. The molecular weight excluding hydrogens is 363 g/mol. The van der Waals surface area contributed by atoms with Crippen LogP contribution in [0.4, 0.5) is 10.1 Å². The van der Waals surface area contributed by atoms with E-state index in [-0.39, 0.29) is 5.82 Å². The van der Waals surface area contributed by atoms with E-state index in [4.69, 9.17) is 0 Å². The van der Waals surface area contributed by atoms with Crippen LogP contribution in [0.15, 0.2) is 58.1 Å². The first kappa shape index (κ1) is 15.3. The van der Waals surface area contributed by atoms with Crippen LogP contribution in [0.5, 0.6) is 0 Å². The lowest BCUT2D eigenvalue weighted by Gasteiger charge is -2.03. The van der Waals surface area contributed by atoms with Gasteiger partial charge in [-0.25, -0.2) is 4.39 Å². The molecule has 1 N–H and O–H groups in total. The third-order valence-electron chi connectivity index (χ3n) is 3.01. The molecule has 0 saturated carbocycles. The lowest BCUT2D eigenvalue weighted by Crippen LogP contribution is -2.04. The summed E-state index contributed by atoms with van der Waals surface area (Å²) in [6.07, 6.45) is 2.11. The molecule has 0 saturated heterocycles. The van der Waals surface area contributed by atoms with Crippen molar-refractivity contribution in [2.45, 2.75) is 6.42 Å². The van der Waals surface area contributed by atoms with Gasteiger partial charge in [0, 0.05) is 17.1 Å². The summed E-state index contributed by atoms with van der Waals surface area (Å²) < 4.78 is 15.4. The Kier molecular flexibility index (Phi) is 4.72. The minimum absolute atomic E-state index is 0.284. The van der Waals surface area contributed by atoms with Crippen molar-refractivity contribution in [1.29, 1.82) is 0 Å². The van der Waals surface area contributed by atoms with Gasteiger partial charge in [0.05, 0.1) is 11.4 Å². The summed E-state index contributed by atoms with van der Waals surface area (Å²) in [6, 6.07) is 13.6. The van der Waals surface area contributed by atoms with Crippen molar-refractivity contribution in [2.24, 2.45) is 5.10 Å². The van der Waals surface area contributed by atoms with Crippen molar-refractivity contribution in [2.75, 3.05) is 5.43 Å². The number of aromatic nitrogens is 4. The summed E-state index contributed by atoms with van der Waals surface area (Å²) in [6.45, 7) is 0. The fraction of sp³-hybridized carbons (Fsp3) is 0.0667. The molecule has 0 aliphatic heterocycles. The van der Waals surface area contributed by atoms with Gasteiger partial charge in [-0.1, -0.05) is 15.9 Å². The Balaban J connectivity index is 1.65. The van der Waals surface area contributed by atoms with E-state index < -0.39 is 0 Å². The van der Waals surface area contributed by atoms with Crippen LogP contribution in [-0.2, 0) is 6.42 Å². The minimum Gasteiger partial charge on any atom is -0.279 e. The van der Waals surface area contributed by atoms with Crippen molar-refractivity contribution in [3.05, 3.63) is 64.6 Å². The third kappa shape index (κ3) is 3.98. The summed E-state index contributed by atoms with van der Waals surface area (Å²) in [5.74, 6) is 0.380. The van der Waals surface area contributed by atoms with Crippen LogP contribution in [0.25, 0.3) is 5.69 Å². The molecule has 1 aromatic heterocycles. The van der Waals surface area contributed by atoms with Crippen LogP contribution in [0.3, 0.4) is 0 Å². The quantitative estimate of drug-likeness (QED) is 0.549. The maximum atomic E-state index is 12.8. The lowest BCUT2D eigenvalue weighted by molar-refractivity contribution is 0.628. The zero-order chi connectivity index (χ0) is 16.1. The number of rotatable bonds is 5. The number of nitrogens with one attached hydrogen (secondary N) is 1. The first-order chi connectivity index (χ1) is 11.2. The van der Waals surface area contributed by atoms with Crippen molar-refractivity contribution >= 4 is 27.8 Å². The number of hydrogen-bond donors (Lipinski definition) is 1. The van der Waals surface area contributed by atoms with Crippen molar-refractivity contribution in [3.8, 4) is 5.69 Å². The summed E-state index contributed by atoms with van der Waals surface area (Å²) in [5, 5.41) is 15.7. The van der Waals surface area contributed by atoms with Crippen LogP contribution in [-0.4, -0.2) is 26.4 Å². The zero-order valence-corrected chi connectivity index (χ0v) is 13.5. The van der Waals surface area contributed by atoms with Crippen LogP contribution in [0, 0.1) is 5.82 Å². The number of hydrazone groups is 1. The molecule has 3 aromatic rings. The van der Waals surface area contributed by atoms with Crippen molar-refractivity contribution < 1.29 is 4.39 Å². The Hall–Kier alpha value is -2.61. The van der Waals surface area contributed by atoms with E-state index in [0.29, 0.717) is 17.9 Å². The van der Waals surface area contributed by atoms with Crippen molar-refractivity contribution in [1.82, 2.24) is 20.2 Å². The molecule has 0 radical (unpaired) electrons. The largest absolute Gasteiger partial charge is 0.279 e. The van der Waals surface area contributed by atoms with E-state index in [1.165, 1.54) is 12.1 Å².